The van der Waals surface area contributed by atoms with Crippen molar-refractivity contribution in [3.8, 4) is 10.4 Å². The van der Waals surface area contributed by atoms with Crippen LogP contribution in [0.25, 0.3) is 10.4 Å². The van der Waals surface area contributed by atoms with E-state index >= 15 is 0 Å². The topological polar surface area (TPSA) is 82.2 Å². The summed E-state index contributed by atoms with van der Waals surface area (Å²) in [5.41, 5.74) is 3.69. The van der Waals surface area contributed by atoms with E-state index in [0.29, 0.717) is 11.3 Å². The van der Waals surface area contributed by atoms with Crippen molar-refractivity contribution in [3.05, 3.63) is 46.9 Å². The molecule has 0 aliphatic heterocycles. The van der Waals surface area contributed by atoms with Gasteiger partial charge >= 0.3 is 0 Å². The van der Waals surface area contributed by atoms with Crippen LogP contribution in [-0.2, 0) is 16.3 Å². The number of hydrogen-bond acceptors (Lipinski definition) is 7. The molecule has 0 saturated heterocycles. The van der Waals surface area contributed by atoms with E-state index in [1.807, 2.05) is 37.1 Å². The predicted molar refractivity (Wildman–Crippen MR) is 128 cm³/mol. The number of thiazole rings is 1. The van der Waals surface area contributed by atoms with Gasteiger partial charge in [-0.05, 0) is 43.8 Å². The monoisotopic (exact) mass is 461 g/mol. The van der Waals surface area contributed by atoms with Crippen LogP contribution in [0.3, 0.4) is 0 Å². The Morgan fingerprint density at radius 3 is 2.48 bits per heavy atom. The fraction of sp³-hybridized carbons (Fsp3) is 0.455. The second-order valence-electron chi connectivity index (χ2n) is 7.68. The molecule has 0 aliphatic rings. The van der Waals surface area contributed by atoms with Crippen LogP contribution in [-0.4, -0.2) is 68.0 Å². The highest BCUT2D eigenvalue weighted by molar-refractivity contribution is 7.90. The summed E-state index contributed by atoms with van der Waals surface area (Å²) in [5.74, 6) is 0. The van der Waals surface area contributed by atoms with Gasteiger partial charge in [0.25, 0.3) is 0 Å². The van der Waals surface area contributed by atoms with Gasteiger partial charge in [0.2, 0.25) is 0 Å². The minimum atomic E-state index is -3.34. The molecular formula is C22H31N5O2S2. The smallest absolute Gasteiger partial charge is 0.177 e. The van der Waals surface area contributed by atoms with Gasteiger partial charge in [0, 0.05) is 44.7 Å². The van der Waals surface area contributed by atoms with Gasteiger partial charge in [0.1, 0.15) is 0 Å². The van der Waals surface area contributed by atoms with E-state index in [-0.39, 0.29) is 0 Å². The van der Waals surface area contributed by atoms with Crippen molar-refractivity contribution in [3.63, 3.8) is 0 Å². The minimum absolute atomic E-state index is 0.359. The van der Waals surface area contributed by atoms with Gasteiger partial charge in [-0.25, -0.2) is 13.4 Å². The molecule has 0 bridgehead atoms. The number of aromatic nitrogens is 3. The summed E-state index contributed by atoms with van der Waals surface area (Å²) in [6.07, 6.45) is 3.70. The maximum Gasteiger partial charge on any atom is 0.177 e. The van der Waals surface area contributed by atoms with Crippen molar-refractivity contribution in [1.82, 2.24) is 20.1 Å². The zero-order valence-corrected chi connectivity index (χ0v) is 20.5. The quantitative estimate of drug-likeness (QED) is 0.497. The summed E-state index contributed by atoms with van der Waals surface area (Å²) < 4.78 is 24.9. The fourth-order valence-corrected chi connectivity index (χ4v) is 5.56. The van der Waals surface area contributed by atoms with Crippen LogP contribution in [0.2, 0.25) is 0 Å². The lowest BCUT2D eigenvalue weighted by Crippen LogP contribution is -2.33. The third kappa shape index (κ3) is 5.72. The molecule has 3 aromatic rings. The second kappa shape index (κ2) is 9.93. The Labute approximate surface area is 189 Å². The molecule has 3 rings (SSSR count). The lowest BCUT2D eigenvalue weighted by molar-refractivity contribution is 0.311. The molecule has 2 aromatic heterocycles. The number of rotatable bonds is 10. The van der Waals surface area contributed by atoms with Crippen molar-refractivity contribution in [1.29, 1.82) is 0 Å². The van der Waals surface area contributed by atoms with Gasteiger partial charge in [0.15, 0.2) is 9.84 Å². The molecule has 0 spiro atoms. The minimum Gasteiger partial charge on any atom is -0.372 e. The van der Waals surface area contributed by atoms with E-state index in [9.17, 15) is 8.42 Å². The average Bonchev–Trinajstić information content (AvgIpc) is 3.37. The van der Waals surface area contributed by atoms with E-state index in [0.717, 1.165) is 58.7 Å². The number of hydrogen-bond donors (Lipinski definition) is 1. The molecule has 9 heteroatoms. The van der Waals surface area contributed by atoms with Crippen LogP contribution in [0.5, 0.6) is 0 Å². The number of H-pyrrole nitrogens is 1. The van der Waals surface area contributed by atoms with E-state index in [2.05, 4.69) is 28.9 Å². The number of aromatic amines is 1. The first-order chi connectivity index (χ1) is 14.7. The number of sulfone groups is 1. The first-order valence-corrected chi connectivity index (χ1v) is 13.2. The number of likely N-dealkylation sites (N-methyl/N-ethyl adjacent to an activating group) is 2. The molecule has 0 amide bonds. The Hall–Kier alpha value is -2.23. The molecule has 1 aromatic carbocycles. The zero-order valence-electron chi connectivity index (χ0n) is 18.8. The maximum atomic E-state index is 12.4. The molecule has 168 valence electrons. The van der Waals surface area contributed by atoms with Crippen molar-refractivity contribution in [2.24, 2.45) is 0 Å². The molecule has 1 N–H and O–H groups in total. The van der Waals surface area contributed by atoms with E-state index in [1.54, 1.807) is 23.6 Å². The standard InChI is InChI=1S/C22H31N5O2S2/c1-6-27(7-2)13-12-26(4)19-14-17(8-9-20(19)31(5,28)29)22-16(3)24-21(30-22)15-18-10-11-23-25-18/h8-11,14H,6-7,12-13,15H2,1-5H3,(H,23,25). The Bertz CT molecular complexity index is 1100. The summed E-state index contributed by atoms with van der Waals surface area (Å²) >= 11 is 1.64. The van der Waals surface area contributed by atoms with E-state index in [4.69, 9.17) is 4.98 Å². The Morgan fingerprint density at radius 2 is 1.87 bits per heavy atom. The lowest BCUT2D eigenvalue weighted by Gasteiger charge is -2.26. The Balaban J connectivity index is 1.94. The summed E-state index contributed by atoms with van der Waals surface area (Å²) in [6, 6.07) is 7.54. The van der Waals surface area contributed by atoms with Crippen molar-refractivity contribution in [2.75, 3.05) is 44.4 Å². The third-order valence-corrected chi connectivity index (χ3v) is 7.77. The van der Waals surface area contributed by atoms with Crippen LogP contribution < -0.4 is 4.90 Å². The van der Waals surface area contributed by atoms with Gasteiger partial charge in [-0.15, -0.1) is 11.3 Å². The molecule has 0 radical (unpaired) electrons. The molecule has 0 atom stereocenters. The normalized spacial score (nSPS) is 11.9. The predicted octanol–water partition coefficient (Wildman–Crippen LogP) is 3.61. The van der Waals surface area contributed by atoms with E-state index in [1.165, 1.54) is 6.26 Å². The highest BCUT2D eigenvalue weighted by Gasteiger charge is 2.19. The first-order valence-electron chi connectivity index (χ1n) is 10.5. The molecule has 0 aliphatic carbocycles. The molecule has 31 heavy (non-hydrogen) atoms. The van der Waals surface area contributed by atoms with E-state index < -0.39 is 9.84 Å². The van der Waals surface area contributed by atoms with Crippen LogP contribution in [0.4, 0.5) is 5.69 Å². The van der Waals surface area contributed by atoms with Crippen LogP contribution in [0.15, 0.2) is 35.4 Å². The third-order valence-electron chi connectivity index (χ3n) is 5.42. The van der Waals surface area contributed by atoms with Gasteiger partial charge in [-0.1, -0.05) is 19.9 Å². The summed E-state index contributed by atoms with van der Waals surface area (Å²) in [6.45, 7) is 9.85. The average molecular weight is 462 g/mol. The number of benzene rings is 1. The van der Waals surface area contributed by atoms with Crippen LogP contribution >= 0.6 is 11.3 Å². The molecule has 2 heterocycles. The van der Waals surface area contributed by atoms with Crippen LogP contribution in [0.1, 0.15) is 30.2 Å². The number of nitrogens with zero attached hydrogens (tertiary/aromatic N) is 4. The molecule has 0 saturated carbocycles. The number of nitrogens with one attached hydrogen (secondary N) is 1. The lowest BCUT2D eigenvalue weighted by atomic mass is 10.1. The van der Waals surface area contributed by atoms with Gasteiger partial charge in [-0.3, -0.25) is 5.10 Å². The highest BCUT2D eigenvalue weighted by atomic mass is 32.2. The number of anilines is 1. The maximum absolute atomic E-state index is 12.4. The van der Waals surface area contributed by atoms with Gasteiger partial charge in [0.05, 0.1) is 26.2 Å². The molecule has 0 fully saturated rings. The van der Waals surface area contributed by atoms with Gasteiger partial charge < -0.3 is 9.80 Å². The zero-order chi connectivity index (χ0) is 22.6. The first kappa shape index (κ1) is 23.4. The fourth-order valence-electron chi connectivity index (χ4n) is 3.56. The molecular weight excluding hydrogens is 430 g/mol. The Kier molecular flexibility index (Phi) is 7.51. The summed E-state index contributed by atoms with van der Waals surface area (Å²) in [5, 5.41) is 7.97. The summed E-state index contributed by atoms with van der Waals surface area (Å²) in [4.78, 5) is 10.5. The van der Waals surface area contributed by atoms with Crippen molar-refractivity contribution in [2.45, 2.75) is 32.1 Å². The molecule has 0 unspecified atom stereocenters. The SMILES string of the molecule is CCN(CC)CCN(C)c1cc(-c2sc(Cc3ccn[nH]3)nc2C)ccc1S(C)(=O)=O. The second-order valence-corrected chi connectivity index (χ2v) is 10.8. The summed E-state index contributed by atoms with van der Waals surface area (Å²) in [7, 11) is -1.39. The molecule has 7 nitrogen and oxygen atoms in total. The highest BCUT2D eigenvalue weighted by Crippen LogP contribution is 2.35. The number of aryl methyl sites for hydroxylation is 1. The van der Waals surface area contributed by atoms with Gasteiger partial charge in [-0.2, -0.15) is 5.10 Å². The van der Waals surface area contributed by atoms with Crippen molar-refractivity contribution < 1.29 is 8.42 Å². The largest absolute Gasteiger partial charge is 0.372 e. The Morgan fingerprint density at radius 1 is 1.13 bits per heavy atom. The van der Waals surface area contributed by atoms with Crippen LogP contribution in [0, 0.1) is 6.92 Å². The van der Waals surface area contributed by atoms with Crippen molar-refractivity contribution >= 4 is 26.9 Å².